The number of hydrogen-bond donors (Lipinski definition) is 1. The second kappa shape index (κ2) is 9.61. The van der Waals surface area contributed by atoms with Crippen molar-refractivity contribution in [3.8, 4) is 5.75 Å². The maximum atomic E-state index is 14.0. The van der Waals surface area contributed by atoms with Gasteiger partial charge in [-0.3, -0.25) is 9.59 Å². The molecule has 2 aromatic rings. The fourth-order valence-electron chi connectivity index (χ4n) is 3.50. The van der Waals surface area contributed by atoms with E-state index in [0.29, 0.717) is 25.9 Å². The Labute approximate surface area is 180 Å². The summed E-state index contributed by atoms with van der Waals surface area (Å²) in [6, 6.07) is 6.71. The van der Waals surface area contributed by atoms with E-state index in [0.717, 1.165) is 6.07 Å². The Hall–Kier alpha value is -2.72. The van der Waals surface area contributed by atoms with Crippen molar-refractivity contribution in [1.29, 1.82) is 0 Å². The molecule has 8 nitrogen and oxygen atoms in total. The van der Waals surface area contributed by atoms with Crippen molar-refractivity contribution in [3.63, 3.8) is 0 Å². The summed E-state index contributed by atoms with van der Waals surface area (Å²) in [5, 5.41) is 0. The van der Waals surface area contributed by atoms with Crippen LogP contribution in [0.15, 0.2) is 46.2 Å². The first-order chi connectivity index (χ1) is 14.7. The molecular weight excluding hydrogens is 425 g/mol. The molecule has 0 bridgehead atoms. The molecule has 10 heteroatoms. The van der Waals surface area contributed by atoms with Gasteiger partial charge in [0.25, 0.3) is 11.5 Å². The number of nitrogens with zero attached hydrogens (tertiary/aromatic N) is 2. The number of amides is 1. The third kappa shape index (κ3) is 5.31. The van der Waals surface area contributed by atoms with Gasteiger partial charge in [-0.2, -0.15) is 0 Å². The van der Waals surface area contributed by atoms with Crippen LogP contribution in [0.25, 0.3) is 0 Å². The standard InChI is InChI=1S/C21H26FN3O5S/c1-3-30-19-7-6-16(13-18(19)22)31(28,29)23-14-15-8-11-25(12-9-15)21(27)17-5-4-10-24(2)20(17)26/h4-7,10,13,15,23H,3,8-9,11-12,14H2,1-2H3. The molecule has 0 aliphatic carbocycles. The Kier molecular flexibility index (Phi) is 7.11. The lowest BCUT2D eigenvalue weighted by Crippen LogP contribution is -2.43. The highest BCUT2D eigenvalue weighted by molar-refractivity contribution is 7.89. The Morgan fingerprint density at radius 1 is 1.26 bits per heavy atom. The molecule has 0 unspecified atom stereocenters. The summed E-state index contributed by atoms with van der Waals surface area (Å²) in [6.45, 7) is 3.04. The molecular formula is C21H26FN3O5S. The van der Waals surface area contributed by atoms with E-state index in [4.69, 9.17) is 4.74 Å². The zero-order chi connectivity index (χ0) is 22.6. The quantitative estimate of drug-likeness (QED) is 0.692. The molecule has 0 saturated carbocycles. The lowest BCUT2D eigenvalue weighted by molar-refractivity contribution is 0.0689. The van der Waals surface area contributed by atoms with Crippen molar-refractivity contribution >= 4 is 15.9 Å². The van der Waals surface area contributed by atoms with Crippen LogP contribution in [0.2, 0.25) is 0 Å². The first-order valence-electron chi connectivity index (χ1n) is 10.1. The number of benzene rings is 1. The number of sulfonamides is 1. The van der Waals surface area contributed by atoms with Crippen molar-refractivity contribution in [2.24, 2.45) is 13.0 Å². The van der Waals surface area contributed by atoms with Gasteiger partial charge in [-0.1, -0.05) is 0 Å². The fourth-order valence-corrected chi connectivity index (χ4v) is 4.63. The molecule has 1 aliphatic heterocycles. The largest absolute Gasteiger partial charge is 0.491 e. The predicted octanol–water partition coefficient (Wildman–Crippen LogP) is 1.75. The summed E-state index contributed by atoms with van der Waals surface area (Å²) in [5.41, 5.74) is -0.216. The summed E-state index contributed by atoms with van der Waals surface area (Å²) in [4.78, 5) is 26.2. The van der Waals surface area contributed by atoms with Crippen LogP contribution in [0.3, 0.4) is 0 Å². The number of carbonyl (C=O) groups is 1. The molecule has 2 heterocycles. The number of halogens is 1. The van der Waals surface area contributed by atoms with Gasteiger partial charge in [0.1, 0.15) is 5.56 Å². The number of nitrogens with one attached hydrogen (secondary N) is 1. The van der Waals surface area contributed by atoms with Gasteiger partial charge < -0.3 is 14.2 Å². The minimum atomic E-state index is -3.87. The summed E-state index contributed by atoms with van der Waals surface area (Å²) in [6.07, 6.45) is 2.78. The summed E-state index contributed by atoms with van der Waals surface area (Å²) >= 11 is 0. The number of likely N-dealkylation sites (tertiary alicyclic amines) is 1. The lowest BCUT2D eigenvalue weighted by atomic mass is 9.97. The van der Waals surface area contributed by atoms with Crippen molar-refractivity contribution < 1.29 is 22.3 Å². The first-order valence-corrected chi connectivity index (χ1v) is 11.6. The smallest absolute Gasteiger partial charge is 0.263 e. The molecule has 0 atom stereocenters. The number of aromatic nitrogens is 1. The maximum Gasteiger partial charge on any atom is 0.263 e. The Bertz CT molecular complexity index is 1110. The second-order valence-electron chi connectivity index (χ2n) is 7.45. The van der Waals surface area contributed by atoms with E-state index in [9.17, 15) is 22.4 Å². The van der Waals surface area contributed by atoms with E-state index in [-0.39, 0.29) is 46.7 Å². The number of hydrogen-bond acceptors (Lipinski definition) is 5. The van der Waals surface area contributed by atoms with Crippen LogP contribution < -0.4 is 15.0 Å². The molecule has 1 aromatic heterocycles. The van der Waals surface area contributed by atoms with Crippen LogP contribution in [0.1, 0.15) is 30.1 Å². The van der Waals surface area contributed by atoms with Gasteiger partial charge in [-0.25, -0.2) is 17.5 Å². The number of piperidine rings is 1. The van der Waals surface area contributed by atoms with E-state index in [1.54, 1.807) is 31.1 Å². The van der Waals surface area contributed by atoms with Crippen molar-refractivity contribution in [1.82, 2.24) is 14.2 Å². The van der Waals surface area contributed by atoms with E-state index in [1.807, 2.05) is 0 Å². The van der Waals surface area contributed by atoms with Gasteiger partial charge >= 0.3 is 0 Å². The van der Waals surface area contributed by atoms with E-state index < -0.39 is 15.8 Å². The lowest BCUT2D eigenvalue weighted by Gasteiger charge is -2.32. The summed E-state index contributed by atoms with van der Waals surface area (Å²) in [5.74, 6) is -1.01. The van der Waals surface area contributed by atoms with Crippen LogP contribution in [0, 0.1) is 11.7 Å². The van der Waals surface area contributed by atoms with Gasteiger partial charge in [-0.05, 0) is 56.0 Å². The molecule has 3 rings (SSSR count). The van der Waals surface area contributed by atoms with Crippen molar-refractivity contribution in [2.45, 2.75) is 24.7 Å². The second-order valence-corrected chi connectivity index (χ2v) is 9.22. The molecule has 1 saturated heterocycles. The normalized spacial score (nSPS) is 15.1. The minimum Gasteiger partial charge on any atom is -0.491 e. The maximum absolute atomic E-state index is 14.0. The molecule has 1 aliphatic rings. The van der Waals surface area contributed by atoms with E-state index in [2.05, 4.69) is 4.72 Å². The summed E-state index contributed by atoms with van der Waals surface area (Å²) in [7, 11) is -2.28. The number of aryl methyl sites for hydroxylation is 1. The molecule has 168 valence electrons. The number of rotatable bonds is 7. The van der Waals surface area contributed by atoms with Crippen LogP contribution in [0.5, 0.6) is 5.75 Å². The first kappa shape index (κ1) is 23.0. The highest BCUT2D eigenvalue weighted by Crippen LogP contribution is 2.22. The van der Waals surface area contributed by atoms with Crippen LogP contribution in [-0.2, 0) is 17.1 Å². The topological polar surface area (TPSA) is 97.7 Å². The van der Waals surface area contributed by atoms with Crippen LogP contribution >= 0.6 is 0 Å². The highest BCUT2D eigenvalue weighted by Gasteiger charge is 2.26. The van der Waals surface area contributed by atoms with Crippen LogP contribution in [-0.4, -0.2) is 50.0 Å². The third-order valence-corrected chi connectivity index (χ3v) is 6.75. The van der Waals surface area contributed by atoms with Crippen LogP contribution in [0.4, 0.5) is 4.39 Å². The molecule has 31 heavy (non-hydrogen) atoms. The van der Waals surface area contributed by atoms with Gasteiger partial charge in [0.2, 0.25) is 10.0 Å². The molecule has 0 radical (unpaired) electrons. The summed E-state index contributed by atoms with van der Waals surface area (Å²) < 4.78 is 48.0. The number of ether oxygens (including phenoxy) is 1. The zero-order valence-corrected chi connectivity index (χ0v) is 18.3. The number of pyridine rings is 1. The van der Waals surface area contributed by atoms with E-state index in [1.165, 1.54) is 22.8 Å². The average molecular weight is 452 g/mol. The van der Waals surface area contributed by atoms with Gasteiger partial charge in [0, 0.05) is 32.9 Å². The number of carbonyl (C=O) groups excluding carboxylic acids is 1. The molecule has 0 spiro atoms. The molecule has 1 amide bonds. The van der Waals surface area contributed by atoms with Crippen molar-refractivity contribution in [2.75, 3.05) is 26.2 Å². The SMILES string of the molecule is CCOc1ccc(S(=O)(=O)NCC2CCN(C(=O)c3cccn(C)c3=O)CC2)cc1F. The van der Waals surface area contributed by atoms with E-state index >= 15 is 0 Å². The molecule has 1 N–H and O–H groups in total. The molecule has 1 fully saturated rings. The van der Waals surface area contributed by atoms with Crippen molar-refractivity contribution in [3.05, 3.63) is 58.3 Å². The Morgan fingerprint density at radius 3 is 2.61 bits per heavy atom. The predicted molar refractivity (Wildman–Crippen MR) is 113 cm³/mol. The Morgan fingerprint density at radius 2 is 1.97 bits per heavy atom. The fraction of sp³-hybridized carbons (Fsp3) is 0.429. The third-order valence-electron chi connectivity index (χ3n) is 5.33. The van der Waals surface area contributed by atoms with Gasteiger partial charge in [0.15, 0.2) is 11.6 Å². The highest BCUT2D eigenvalue weighted by atomic mass is 32.2. The minimum absolute atomic E-state index is 0.00624. The average Bonchev–Trinajstić information content (AvgIpc) is 2.75. The molecule has 1 aromatic carbocycles. The van der Waals surface area contributed by atoms with Gasteiger partial charge in [-0.15, -0.1) is 0 Å². The Balaban J connectivity index is 1.56. The monoisotopic (exact) mass is 451 g/mol. The van der Waals surface area contributed by atoms with Gasteiger partial charge in [0.05, 0.1) is 11.5 Å². The zero-order valence-electron chi connectivity index (χ0n) is 17.5.